The lowest BCUT2D eigenvalue weighted by Crippen LogP contribution is -2.42. The normalized spacial score (nSPS) is 15.9. The molecule has 1 aromatic carbocycles. The van der Waals surface area contributed by atoms with E-state index in [0.29, 0.717) is 61.9 Å². The molecule has 0 aliphatic carbocycles. The van der Waals surface area contributed by atoms with Crippen LogP contribution in [0.3, 0.4) is 0 Å². The maximum Gasteiger partial charge on any atom is 0.410 e. The summed E-state index contributed by atoms with van der Waals surface area (Å²) in [5, 5.41) is 18.1. The van der Waals surface area contributed by atoms with Crippen LogP contribution in [0.15, 0.2) is 33.6 Å². The van der Waals surface area contributed by atoms with Gasteiger partial charge in [-0.05, 0) is 46.1 Å². The Hall–Kier alpha value is -3.96. The molecule has 1 aliphatic heterocycles. The molecule has 0 spiro atoms. The van der Waals surface area contributed by atoms with Crippen molar-refractivity contribution in [2.24, 2.45) is 0 Å². The number of H-pyrrole nitrogens is 1. The number of nitrogens with one attached hydrogen (secondary N) is 3. The Morgan fingerprint density at radius 1 is 1.21 bits per heavy atom. The Kier molecular flexibility index (Phi) is 8.59. The molecule has 4 rings (SSSR count). The number of rotatable bonds is 9. The van der Waals surface area contributed by atoms with E-state index in [0.717, 1.165) is 18.2 Å². The van der Waals surface area contributed by atoms with Crippen LogP contribution in [0.5, 0.6) is 0 Å². The number of carbonyl (C=O) groups excluding carboxylic acids is 2. The Bertz CT molecular complexity index is 1310. The van der Waals surface area contributed by atoms with Crippen LogP contribution in [0.1, 0.15) is 64.1 Å². The molecule has 3 heterocycles. The molecule has 1 saturated heterocycles. The quantitative estimate of drug-likeness (QED) is 0.358. The number of anilines is 1. The zero-order chi connectivity index (χ0) is 27.1. The van der Waals surface area contributed by atoms with E-state index in [9.17, 15) is 14.4 Å². The first-order valence-electron chi connectivity index (χ1n) is 13.0. The number of aryl methyl sites for hydroxylation is 1. The van der Waals surface area contributed by atoms with Crippen molar-refractivity contribution in [2.45, 2.75) is 64.4 Å². The van der Waals surface area contributed by atoms with Crippen molar-refractivity contribution < 1.29 is 18.8 Å². The lowest BCUT2D eigenvalue weighted by molar-refractivity contribution is -0.121. The standard InChI is InChI=1S/C26H35N7O5/c1-26(2,3)37-25(36)33-15-6-8-17(16-33)22-29-21(38-32-22)12-11-20(34)27-13-7-14-28-23-18-9-4-5-10-19(18)24(35)31-30-23/h4-5,9-10,17H,6-8,11-16H2,1-3H3,(H,27,34)(H,28,30)(H,31,35). The summed E-state index contributed by atoms with van der Waals surface area (Å²) >= 11 is 0. The molecule has 1 aliphatic rings. The number of aromatic amines is 1. The van der Waals surface area contributed by atoms with Crippen molar-refractivity contribution in [3.05, 3.63) is 46.3 Å². The predicted molar refractivity (Wildman–Crippen MR) is 141 cm³/mol. The first kappa shape index (κ1) is 27.1. The largest absolute Gasteiger partial charge is 0.444 e. The second-order valence-corrected chi connectivity index (χ2v) is 10.4. The van der Waals surface area contributed by atoms with Crippen LogP contribution in [0.25, 0.3) is 10.8 Å². The van der Waals surface area contributed by atoms with Crippen LogP contribution >= 0.6 is 0 Å². The molecule has 1 atom stereocenters. The summed E-state index contributed by atoms with van der Waals surface area (Å²) in [6.07, 6.45) is 2.61. The summed E-state index contributed by atoms with van der Waals surface area (Å²) < 4.78 is 10.8. The first-order chi connectivity index (χ1) is 18.2. The van der Waals surface area contributed by atoms with Gasteiger partial charge < -0.3 is 24.8 Å². The number of fused-ring (bicyclic) bond motifs is 1. The van der Waals surface area contributed by atoms with Gasteiger partial charge in [0.25, 0.3) is 5.56 Å². The second-order valence-electron chi connectivity index (χ2n) is 10.4. The third-order valence-electron chi connectivity index (χ3n) is 6.15. The van der Waals surface area contributed by atoms with Crippen molar-refractivity contribution in [1.82, 2.24) is 30.6 Å². The van der Waals surface area contributed by atoms with Crippen LogP contribution < -0.4 is 16.2 Å². The number of benzene rings is 1. The lowest BCUT2D eigenvalue weighted by Gasteiger charge is -2.32. The zero-order valence-corrected chi connectivity index (χ0v) is 22.1. The summed E-state index contributed by atoms with van der Waals surface area (Å²) in [5.41, 5.74) is -0.774. The molecule has 12 heteroatoms. The van der Waals surface area contributed by atoms with E-state index in [1.54, 1.807) is 11.0 Å². The zero-order valence-electron chi connectivity index (χ0n) is 22.1. The Balaban J connectivity index is 1.17. The number of carbonyl (C=O) groups is 2. The van der Waals surface area contributed by atoms with Gasteiger partial charge in [-0.25, -0.2) is 9.89 Å². The Morgan fingerprint density at radius 3 is 2.79 bits per heavy atom. The SMILES string of the molecule is CC(C)(C)OC(=O)N1CCCC(c2noc(CCC(=O)NCCCNc3n[nH]c(=O)c4ccccc34)n2)C1. The third kappa shape index (κ3) is 7.30. The molecule has 1 fully saturated rings. The fourth-order valence-corrected chi connectivity index (χ4v) is 4.30. The molecule has 3 aromatic rings. The van der Waals surface area contributed by atoms with E-state index in [1.807, 2.05) is 39.0 Å². The number of piperidine rings is 1. The van der Waals surface area contributed by atoms with Crippen LogP contribution in [0, 0.1) is 0 Å². The summed E-state index contributed by atoms with van der Waals surface area (Å²) in [6.45, 7) is 7.73. The molecular weight excluding hydrogens is 490 g/mol. The van der Waals surface area contributed by atoms with Crippen molar-refractivity contribution in [3.8, 4) is 0 Å². The molecule has 2 amide bonds. The number of likely N-dealkylation sites (tertiary alicyclic amines) is 1. The lowest BCUT2D eigenvalue weighted by atomic mass is 9.98. The van der Waals surface area contributed by atoms with Gasteiger partial charge in [0.05, 0.1) is 5.39 Å². The number of hydrogen-bond acceptors (Lipinski definition) is 9. The highest BCUT2D eigenvalue weighted by Gasteiger charge is 2.30. The molecule has 2 aromatic heterocycles. The molecule has 3 N–H and O–H groups in total. The first-order valence-corrected chi connectivity index (χ1v) is 13.0. The van der Waals surface area contributed by atoms with Crippen molar-refractivity contribution in [1.29, 1.82) is 0 Å². The minimum absolute atomic E-state index is 0.0239. The highest BCUT2D eigenvalue weighted by molar-refractivity contribution is 5.90. The Labute approximate surface area is 220 Å². The van der Waals surface area contributed by atoms with E-state index in [-0.39, 0.29) is 29.9 Å². The van der Waals surface area contributed by atoms with Crippen LogP contribution in [-0.2, 0) is 16.0 Å². The fraction of sp³-hybridized carbons (Fsp3) is 0.538. The molecule has 0 bridgehead atoms. The van der Waals surface area contributed by atoms with Crippen molar-refractivity contribution in [2.75, 3.05) is 31.5 Å². The van der Waals surface area contributed by atoms with E-state index < -0.39 is 5.60 Å². The fourth-order valence-electron chi connectivity index (χ4n) is 4.30. The molecule has 204 valence electrons. The van der Waals surface area contributed by atoms with Gasteiger partial charge in [-0.2, -0.15) is 10.1 Å². The van der Waals surface area contributed by atoms with Gasteiger partial charge in [-0.1, -0.05) is 23.4 Å². The number of aromatic nitrogens is 4. The van der Waals surface area contributed by atoms with Crippen molar-refractivity contribution in [3.63, 3.8) is 0 Å². The Morgan fingerprint density at radius 2 is 2.00 bits per heavy atom. The number of nitrogens with zero attached hydrogens (tertiary/aromatic N) is 4. The van der Waals surface area contributed by atoms with E-state index >= 15 is 0 Å². The minimum atomic E-state index is -0.546. The molecule has 38 heavy (non-hydrogen) atoms. The third-order valence-corrected chi connectivity index (χ3v) is 6.15. The van der Waals surface area contributed by atoms with Gasteiger partial charge in [0.2, 0.25) is 11.8 Å². The number of ether oxygens (including phenoxy) is 1. The number of amides is 2. The maximum atomic E-state index is 12.4. The minimum Gasteiger partial charge on any atom is -0.444 e. The van der Waals surface area contributed by atoms with Gasteiger partial charge in [-0.3, -0.25) is 9.59 Å². The highest BCUT2D eigenvalue weighted by Crippen LogP contribution is 2.26. The monoisotopic (exact) mass is 525 g/mol. The van der Waals surface area contributed by atoms with E-state index in [4.69, 9.17) is 9.26 Å². The summed E-state index contributed by atoms with van der Waals surface area (Å²) in [6, 6.07) is 7.26. The molecule has 1 unspecified atom stereocenters. The average Bonchev–Trinajstić information content (AvgIpc) is 3.37. The average molecular weight is 526 g/mol. The summed E-state index contributed by atoms with van der Waals surface area (Å²) in [7, 11) is 0. The van der Waals surface area contributed by atoms with E-state index in [2.05, 4.69) is 31.0 Å². The molecule has 12 nitrogen and oxygen atoms in total. The maximum absolute atomic E-state index is 12.4. The molecule has 0 radical (unpaired) electrons. The van der Waals surface area contributed by atoms with Crippen LogP contribution in [0.4, 0.5) is 10.6 Å². The van der Waals surface area contributed by atoms with Gasteiger partial charge >= 0.3 is 6.09 Å². The van der Waals surface area contributed by atoms with Gasteiger partial charge in [-0.15, -0.1) is 0 Å². The predicted octanol–water partition coefficient (Wildman–Crippen LogP) is 2.97. The summed E-state index contributed by atoms with van der Waals surface area (Å²) in [4.78, 5) is 42.7. The number of hydrogen-bond donors (Lipinski definition) is 3. The van der Waals surface area contributed by atoms with Gasteiger partial charge in [0.15, 0.2) is 11.6 Å². The van der Waals surface area contributed by atoms with Crippen molar-refractivity contribution >= 4 is 28.6 Å². The molecule has 0 saturated carbocycles. The highest BCUT2D eigenvalue weighted by atomic mass is 16.6. The van der Waals surface area contributed by atoms with Crippen LogP contribution in [-0.4, -0.2) is 69.0 Å². The topological polar surface area (TPSA) is 155 Å². The van der Waals surface area contributed by atoms with Gasteiger partial charge in [0, 0.05) is 50.3 Å². The van der Waals surface area contributed by atoms with E-state index in [1.165, 1.54) is 0 Å². The summed E-state index contributed by atoms with van der Waals surface area (Å²) in [5.74, 6) is 1.44. The molecular formula is C26H35N7O5. The van der Waals surface area contributed by atoms with Gasteiger partial charge in [0.1, 0.15) is 5.60 Å². The van der Waals surface area contributed by atoms with Crippen LogP contribution in [0.2, 0.25) is 0 Å². The smallest absolute Gasteiger partial charge is 0.410 e. The second kappa shape index (κ2) is 12.1.